The molecule has 2 unspecified atom stereocenters. The summed E-state index contributed by atoms with van der Waals surface area (Å²) in [5, 5.41) is 8.78. The highest BCUT2D eigenvalue weighted by Crippen LogP contribution is 2.36. The predicted octanol–water partition coefficient (Wildman–Crippen LogP) is -1.15. The molecule has 168 valence electrons. The molecule has 2 saturated heterocycles. The molecule has 2 aliphatic heterocycles. The van der Waals surface area contributed by atoms with Crippen LogP contribution in [0.4, 0.5) is 0 Å². The number of carbonyl (C=O) groups excluding carboxylic acids is 2. The lowest BCUT2D eigenvalue weighted by Crippen LogP contribution is -2.59. The van der Waals surface area contributed by atoms with Gasteiger partial charge in [0, 0.05) is 42.7 Å². The van der Waals surface area contributed by atoms with Crippen LogP contribution in [-0.2, 0) is 36.1 Å². The quantitative estimate of drug-likeness (QED) is 0.277. The number of imide groups is 1. The van der Waals surface area contributed by atoms with Gasteiger partial charge in [-0.3, -0.25) is 14.9 Å². The molecular weight excluding hydrogens is 418 g/mol. The molecule has 4 atom stereocenters. The molecule has 11 nitrogen and oxygen atoms in total. The summed E-state index contributed by atoms with van der Waals surface area (Å²) >= 11 is 0. The summed E-state index contributed by atoms with van der Waals surface area (Å²) in [5.74, 6) is -0.875. The van der Waals surface area contributed by atoms with Gasteiger partial charge in [0.2, 0.25) is 11.8 Å². The summed E-state index contributed by atoms with van der Waals surface area (Å²) in [4.78, 5) is 25.9. The molecule has 0 bridgehead atoms. The topological polar surface area (TPSA) is 126 Å². The Morgan fingerprint density at radius 3 is 1.28 bits per heavy atom. The second-order valence-electron chi connectivity index (χ2n) is 6.94. The standard InChI is InChI=1S/C16H33N3O8Si2/c1-22-28(23-2,24-3)11-7-9-17-13(11)15(20)19-16(21)14-12(8-10-18-14)29(25-4,26-5)27-6/h11-14,17-18H,7-10H2,1-6H3,(H,19,20,21)/t11?,12?,13-,14-/m0/s1. The Morgan fingerprint density at radius 1 is 0.690 bits per heavy atom. The lowest BCUT2D eigenvalue weighted by Gasteiger charge is -2.33. The molecule has 2 amide bonds. The van der Waals surface area contributed by atoms with E-state index in [0.717, 1.165) is 0 Å². The van der Waals surface area contributed by atoms with Gasteiger partial charge in [-0.15, -0.1) is 0 Å². The van der Waals surface area contributed by atoms with Gasteiger partial charge in [0.05, 0.1) is 23.2 Å². The van der Waals surface area contributed by atoms with Crippen LogP contribution in [0.15, 0.2) is 0 Å². The lowest BCUT2D eigenvalue weighted by molar-refractivity contribution is -0.132. The summed E-state index contributed by atoms with van der Waals surface area (Å²) < 4.78 is 33.3. The van der Waals surface area contributed by atoms with Crippen molar-refractivity contribution >= 4 is 29.4 Å². The lowest BCUT2D eigenvalue weighted by atomic mass is 10.1. The zero-order chi connectivity index (χ0) is 21.7. The number of hydrogen-bond acceptors (Lipinski definition) is 10. The maximum atomic E-state index is 12.9. The summed E-state index contributed by atoms with van der Waals surface area (Å²) in [6.07, 6.45) is 1.29. The van der Waals surface area contributed by atoms with Gasteiger partial charge >= 0.3 is 17.6 Å². The summed E-state index contributed by atoms with van der Waals surface area (Å²) in [7, 11) is 2.94. The van der Waals surface area contributed by atoms with Crippen LogP contribution >= 0.6 is 0 Å². The molecular formula is C16H33N3O8Si2. The third-order valence-corrected chi connectivity index (χ3v) is 12.3. The highest BCUT2D eigenvalue weighted by Gasteiger charge is 2.57. The van der Waals surface area contributed by atoms with Crippen molar-refractivity contribution in [3.8, 4) is 0 Å². The Balaban J connectivity index is 2.12. The first kappa shape index (κ1) is 24.5. The Morgan fingerprint density at radius 2 is 1.00 bits per heavy atom. The molecule has 0 radical (unpaired) electrons. The Hall–Kier alpha value is -0.746. The minimum absolute atomic E-state index is 0.298. The molecule has 3 N–H and O–H groups in total. The summed E-state index contributed by atoms with van der Waals surface area (Å²) in [6.45, 7) is 1.19. The molecule has 13 heteroatoms. The first-order valence-electron chi connectivity index (χ1n) is 9.50. The fourth-order valence-corrected chi connectivity index (χ4v) is 9.57. The van der Waals surface area contributed by atoms with Crippen molar-refractivity contribution in [1.82, 2.24) is 16.0 Å². The third kappa shape index (κ3) is 4.63. The first-order chi connectivity index (χ1) is 13.9. The molecule has 0 aromatic rings. The Labute approximate surface area is 173 Å². The molecule has 2 aliphatic rings. The molecule has 0 spiro atoms. The van der Waals surface area contributed by atoms with Gasteiger partial charge in [-0.1, -0.05) is 0 Å². The maximum absolute atomic E-state index is 12.9. The monoisotopic (exact) mass is 451 g/mol. The van der Waals surface area contributed by atoms with Crippen LogP contribution in [0.5, 0.6) is 0 Å². The van der Waals surface area contributed by atoms with Crippen molar-refractivity contribution < 1.29 is 36.1 Å². The molecule has 0 saturated carbocycles. The van der Waals surface area contributed by atoms with Crippen LogP contribution < -0.4 is 16.0 Å². The van der Waals surface area contributed by atoms with Gasteiger partial charge in [0.15, 0.2) is 0 Å². The van der Waals surface area contributed by atoms with Crippen LogP contribution in [0.3, 0.4) is 0 Å². The largest absolute Gasteiger partial charge is 0.505 e. The van der Waals surface area contributed by atoms with E-state index in [2.05, 4.69) is 16.0 Å². The van der Waals surface area contributed by atoms with Crippen molar-refractivity contribution in [3.63, 3.8) is 0 Å². The van der Waals surface area contributed by atoms with Crippen molar-refractivity contribution in [3.05, 3.63) is 0 Å². The van der Waals surface area contributed by atoms with Crippen LogP contribution in [0, 0.1) is 0 Å². The molecule has 2 fully saturated rings. The average molecular weight is 452 g/mol. The van der Waals surface area contributed by atoms with Gasteiger partial charge in [0.1, 0.15) is 0 Å². The van der Waals surface area contributed by atoms with Gasteiger partial charge in [-0.05, 0) is 25.9 Å². The van der Waals surface area contributed by atoms with Gasteiger partial charge in [-0.25, -0.2) is 0 Å². The molecule has 29 heavy (non-hydrogen) atoms. The fraction of sp³-hybridized carbons (Fsp3) is 0.875. The van der Waals surface area contributed by atoms with Crippen LogP contribution in [0.25, 0.3) is 0 Å². The van der Waals surface area contributed by atoms with E-state index in [4.69, 9.17) is 26.6 Å². The van der Waals surface area contributed by atoms with E-state index in [1.165, 1.54) is 42.7 Å². The fourth-order valence-electron chi connectivity index (χ4n) is 4.40. The SMILES string of the molecule is CO[Si](OC)(OC)C1CCN[C@@H]1C(=O)NC(=O)[C@H]1NCCC1[Si](OC)(OC)OC. The normalized spacial score (nSPS) is 27.9. The molecule has 0 aromatic carbocycles. The predicted molar refractivity (Wildman–Crippen MR) is 107 cm³/mol. The van der Waals surface area contributed by atoms with Crippen LogP contribution in [0.2, 0.25) is 11.1 Å². The van der Waals surface area contributed by atoms with Crippen molar-refractivity contribution in [1.29, 1.82) is 0 Å². The van der Waals surface area contributed by atoms with E-state index in [-0.39, 0.29) is 11.1 Å². The zero-order valence-electron chi connectivity index (χ0n) is 17.9. The number of nitrogens with one attached hydrogen (secondary N) is 3. The van der Waals surface area contributed by atoms with Crippen molar-refractivity contribution in [2.45, 2.75) is 36.0 Å². The highest BCUT2D eigenvalue weighted by atomic mass is 28.4. The number of carbonyl (C=O) groups is 2. The van der Waals surface area contributed by atoms with Gasteiger partial charge < -0.3 is 37.2 Å². The molecule has 2 heterocycles. The molecule has 0 aromatic heterocycles. The van der Waals surface area contributed by atoms with Crippen LogP contribution in [0.1, 0.15) is 12.8 Å². The number of amides is 2. The van der Waals surface area contributed by atoms with E-state index in [9.17, 15) is 9.59 Å². The highest BCUT2D eigenvalue weighted by molar-refractivity contribution is 6.63. The van der Waals surface area contributed by atoms with E-state index >= 15 is 0 Å². The smallest absolute Gasteiger partial charge is 0.377 e. The minimum Gasteiger partial charge on any atom is -0.377 e. The van der Waals surface area contributed by atoms with Gasteiger partial charge in [-0.2, -0.15) is 0 Å². The van der Waals surface area contributed by atoms with E-state index in [1.54, 1.807) is 0 Å². The Bertz CT molecular complexity index is 512. The minimum atomic E-state index is -3.06. The summed E-state index contributed by atoms with van der Waals surface area (Å²) in [5.41, 5.74) is -0.596. The number of rotatable bonds is 10. The van der Waals surface area contributed by atoms with Crippen molar-refractivity contribution in [2.24, 2.45) is 0 Å². The van der Waals surface area contributed by atoms with E-state index in [1.807, 2.05) is 0 Å². The maximum Gasteiger partial charge on any atom is 0.505 e. The molecule has 0 aliphatic carbocycles. The first-order valence-corrected chi connectivity index (χ1v) is 13.1. The number of hydrogen-bond donors (Lipinski definition) is 3. The average Bonchev–Trinajstić information content (AvgIpc) is 3.42. The van der Waals surface area contributed by atoms with Crippen LogP contribution in [-0.4, -0.2) is 97.3 Å². The Kier molecular flexibility index (Phi) is 8.90. The zero-order valence-corrected chi connectivity index (χ0v) is 19.9. The molecule has 2 rings (SSSR count). The van der Waals surface area contributed by atoms with E-state index in [0.29, 0.717) is 25.9 Å². The third-order valence-electron chi connectivity index (χ3n) is 5.87. The second kappa shape index (κ2) is 10.5. The van der Waals surface area contributed by atoms with Gasteiger partial charge in [0.25, 0.3) is 0 Å². The summed E-state index contributed by atoms with van der Waals surface area (Å²) in [6, 6.07) is -1.31. The van der Waals surface area contributed by atoms with E-state index < -0.39 is 41.5 Å². The second-order valence-corrected chi connectivity index (χ2v) is 13.3. The van der Waals surface area contributed by atoms with Crippen molar-refractivity contribution in [2.75, 3.05) is 55.7 Å².